The van der Waals surface area contributed by atoms with E-state index in [-0.39, 0.29) is 6.03 Å². The molecule has 2 amide bonds. The number of urea groups is 1. The molecule has 6 heteroatoms. The van der Waals surface area contributed by atoms with Crippen molar-refractivity contribution in [2.45, 2.75) is 13.1 Å². The van der Waals surface area contributed by atoms with Gasteiger partial charge in [0.2, 0.25) is 0 Å². The fraction of sp³-hybridized carbons (Fsp3) is 0.150. The highest BCUT2D eigenvalue weighted by molar-refractivity contribution is 5.74. The normalized spacial score (nSPS) is 10.2. The van der Waals surface area contributed by atoms with E-state index >= 15 is 0 Å². The number of ether oxygens (including phenoxy) is 1. The van der Waals surface area contributed by atoms with Crippen molar-refractivity contribution in [2.24, 2.45) is 0 Å². The molecule has 2 heterocycles. The summed E-state index contributed by atoms with van der Waals surface area (Å²) in [5, 5.41) is 5.72. The Kier molecular flexibility index (Phi) is 5.77. The first-order valence-corrected chi connectivity index (χ1v) is 8.25. The maximum atomic E-state index is 12.1. The van der Waals surface area contributed by atoms with E-state index in [2.05, 4.69) is 20.6 Å². The summed E-state index contributed by atoms with van der Waals surface area (Å²) in [6, 6.07) is 14.9. The lowest BCUT2D eigenvalue weighted by Gasteiger charge is -2.11. The van der Waals surface area contributed by atoms with E-state index in [1.54, 1.807) is 25.7 Å². The second-order valence-corrected chi connectivity index (χ2v) is 5.63. The number of nitrogens with zero attached hydrogens (tertiary/aromatic N) is 2. The molecule has 0 spiro atoms. The lowest BCUT2D eigenvalue weighted by atomic mass is 10.1. The van der Waals surface area contributed by atoms with Gasteiger partial charge in [-0.25, -0.2) is 4.79 Å². The molecule has 0 aliphatic carbocycles. The first-order chi connectivity index (χ1) is 12.8. The number of aromatic nitrogens is 2. The van der Waals surface area contributed by atoms with Crippen LogP contribution in [0.1, 0.15) is 11.1 Å². The van der Waals surface area contributed by atoms with Crippen LogP contribution in [0.25, 0.3) is 11.3 Å². The number of nitrogens with one attached hydrogen (secondary N) is 2. The van der Waals surface area contributed by atoms with Crippen LogP contribution >= 0.6 is 0 Å². The third-order valence-electron chi connectivity index (χ3n) is 3.90. The van der Waals surface area contributed by atoms with Gasteiger partial charge < -0.3 is 15.4 Å². The van der Waals surface area contributed by atoms with Crippen molar-refractivity contribution >= 4 is 6.03 Å². The van der Waals surface area contributed by atoms with Gasteiger partial charge in [0, 0.05) is 37.2 Å². The lowest BCUT2D eigenvalue weighted by Crippen LogP contribution is -2.34. The van der Waals surface area contributed by atoms with E-state index in [1.165, 1.54) is 0 Å². The zero-order valence-corrected chi connectivity index (χ0v) is 14.5. The van der Waals surface area contributed by atoms with Crippen molar-refractivity contribution < 1.29 is 9.53 Å². The van der Waals surface area contributed by atoms with Crippen LogP contribution in [0.2, 0.25) is 0 Å². The zero-order chi connectivity index (χ0) is 18.2. The predicted octanol–water partition coefficient (Wildman–Crippen LogP) is 3.15. The van der Waals surface area contributed by atoms with Gasteiger partial charge in [0.25, 0.3) is 0 Å². The Bertz CT molecular complexity index is 851. The molecular formula is C20H20N4O2. The summed E-state index contributed by atoms with van der Waals surface area (Å²) in [4.78, 5) is 20.5. The average molecular weight is 348 g/mol. The second-order valence-electron chi connectivity index (χ2n) is 5.63. The van der Waals surface area contributed by atoms with Crippen molar-refractivity contribution in [3.8, 4) is 17.0 Å². The molecule has 26 heavy (non-hydrogen) atoms. The number of methoxy groups -OCH3 is 1. The molecule has 0 aliphatic rings. The third kappa shape index (κ3) is 4.57. The molecule has 3 aromatic rings. The van der Waals surface area contributed by atoms with Crippen LogP contribution < -0.4 is 15.4 Å². The highest BCUT2D eigenvalue weighted by Crippen LogP contribution is 2.20. The van der Waals surface area contributed by atoms with Gasteiger partial charge in [-0.15, -0.1) is 0 Å². The van der Waals surface area contributed by atoms with Crippen molar-refractivity contribution in [1.82, 2.24) is 20.6 Å². The number of amides is 2. The first kappa shape index (κ1) is 17.4. The van der Waals surface area contributed by atoms with Gasteiger partial charge in [-0.3, -0.25) is 9.97 Å². The van der Waals surface area contributed by atoms with Crippen LogP contribution in [0.3, 0.4) is 0 Å². The summed E-state index contributed by atoms with van der Waals surface area (Å²) < 4.78 is 5.12. The highest BCUT2D eigenvalue weighted by atomic mass is 16.5. The van der Waals surface area contributed by atoms with Crippen molar-refractivity contribution in [3.63, 3.8) is 0 Å². The fourth-order valence-corrected chi connectivity index (χ4v) is 2.51. The van der Waals surface area contributed by atoms with Gasteiger partial charge in [-0.1, -0.05) is 18.2 Å². The molecule has 0 aliphatic heterocycles. The maximum Gasteiger partial charge on any atom is 0.315 e. The van der Waals surface area contributed by atoms with Gasteiger partial charge in [-0.2, -0.15) is 0 Å². The molecule has 132 valence electrons. The Morgan fingerprint density at radius 2 is 1.69 bits per heavy atom. The quantitative estimate of drug-likeness (QED) is 0.717. The summed E-state index contributed by atoms with van der Waals surface area (Å²) in [6.45, 7) is 0.833. The van der Waals surface area contributed by atoms with E-state index in [4.69, 9.17) is 4.74 Å². The summed E-state index contributed by atoms with van der Waals surface area (Å²) in [5.41, 5.74) is 3.75. The smallest absolute Gasteiger partial charge is 0.315 e. The minimum atomic E-state index is -0.231. The molecule has 0 atom stereocenters. The monoisotopic (exact) mass is 348 g/mol. The molecule has 0 unspecified atom stereocenters. The molecule has 0 fully saturated rings. The van der Waals surface area contributed by atoms with Crippen LogP contribution in [0.5, 0.6) is 5.75 Å². The van der Waals surface area contributed by atoms with Crippen LogP contribution in [0.4, 0.5) is 4.79 Å². The molecule has 0 saturated heterocycles. The van der Waals surface area contributed by atoms with Gasteiger partial charge >= 0.3 is 6.03 Å². The number of hydrogen-bond acceptors (Lipinski definition) is 4. The molecule has 0 radical (unpaired) electrons. The summed E-state index contributed by atoms with van der Waals surface area (Å²) in [5.74, 6) is 0.790. The largest absolute Gasteiger partial charge is 0.497 e. The summed E-state index contributed by atoms with van der Waals surface area (Å²) in [7, 11) is 1.62. The van der Waals surface area contributed by atoms with E-state index < -0.39 is 0 Å². The van der Waals surface area contributed by atoms with E-state index in [0.29, 0.717) is 13.1 Å². The Morgan fingerprint density at radius 3 is 2.42 bits per heavy atom. The Labute approximate surface area is 152 Å². The Balaban J connectivity index is 1.56. The number of carbonyl (C=O) groups is 1. The highest BCUT2D eigenvalue weighted by Gasteiger charge is 2.08. The number of benzene rings is 1. The molecule has 3 rings (SSSR count). The first-order valence-electron chi connectivity index (χ1n) is 8.25. The minimum absolute atomic E-state index is 0.231. The Morgan fingerprint density at radius 1 is 0.962 bits per heavy atom. The minimum Gasteiger partial charge on any atom is -0.497 e. The number of hydrogen-bond donors (Lipinski definition) is 2. The molecule has 6 nitrogen and oxygen atoms in total. The summed E-state index contributed by atoms with van der Waals surface area (Å²) in [6.07, 6.45) is 5.19. The zero-order valence-electron chi connectivity index (χ0n) is 14.5. The van der Waals surface area contributed by atoms with Crippen molar-refractivity contribution in [2.75, 3.05) is 7.11 Å². The number of carbonyl (C=O) groups excluding carboxylic acids is 1. The van der Waals surface area contributed by atoms with Crippen LogP contribution in [-0.2, 0) is 13.1 Å². The number of rotatable bonds is 6. The predicted molar refractivity (Wildman–Crippen MR) is 99.5 cm³/mol. The summed E-state index contributed by atoms with van der Waals surface area (Å²) >= 11 is 0. The standard InChI is InChI=1S/C20H20N4O2/c1-26-18-6-4-15(5-7-18)13-23-20(25)24-14-17-3-2-10-22-19(17)16-8-11-21-12-9-16/h2-12H,13-14H2,1H3,(H2,23,24,25). The van der Waals surface area contributed by atoms with Crippen LogP contribution in [0.15, 0.2) is 67.1 Å². The van der Waals surface area contributed by atoms with E-state index in [9.17, 15) is 4.79 Å². The van der Waals surface area contributed by atoms with Gasteiger partial charge in [0.1, 0.15) is 5.75 Å². The molecule has 1 aromatic carbocycles. The second kappa shape index (κ2) is 8.62. The van der Waals surface area contributed by atoms with Crippen molar-refractivity contribution in [3.05, 3.63) is 78.2 Å². The van der Waals surface area contributed by atoms with Crippen LogP contribution in [-0.4, -0.2) is 23.1 Å². The Hall–Kier alpha value is -3.41. The molecular weight excluding hydrogens is 328 g/mol. The molecule has 2 N–H and O–H groups in total. The van der Waals surface area contributed by atoms with Gasteiger partial charge in [0.05, 0.1) is 12.8 Å². The fourth-order valence-electron chi connectivity index (χ4n) is 2.51. The molecule has 2 aromatic heterocycles. The SMILES string of the molecule is COc1ccc(CNC(=O)NCc2cccnc2-c2ccncc2)cc1. The topological polar surface area (TPSA) is 76.1 Å². The lowest BCUT2D eigenvalue weighted by molar-refractivity contribution is 0.240. The molecule has 0 bridgehead atoms. The number of pyridine rings is 2. The maximum absolute atomic E-state index is 12.1. The third-order valence-corrected chi connectivity index (χ3v) is 3.90. The van der Waals surface area contributed by atoms with Crippen LogP contribution in [0, 0.1) is 0 Å². The van der Waals surface area contributed by atoms with E-state index in [1.807, 2.05) is 48.5 Å². The molecule has 0 saturated carbocycles. The van der Waals surface area contributed by atoms with Gasteiger partial charge in [0.15, 0.2) is 0 Å². The van der Waals surface area contributed by atoms with Crippen molar-refractivity contribution in [1.29, 1.82) is 0 Å². The van der Waals surface area contributed by atoms with Gasteiger partial charge in [-0.05, 0) is 41.5 Å². The van der Waals surface area contributed by atoms with E-state index in [0.717, 1.165) is 28.1 Å². The average Bonchev–Trinajstić information content (AvgIpc) is 2.72.